The zero-order valence-electron chi connectivity index (χ0n) is 10.8. The Hall–Kier alpha value is -1.88. The van der Waals surface area contributed by atoms with Gasteiger partial charge in [0.05, 0.1) is 24.7 Å². The van der Waals surface area contributed by atoms with Gasteiger partial charge in [0.1, 0.15) is 11.9 Å². The largest absolute Gasteiger partial charge is 0.495 e. The molecule has 0 amide bonds. The second-order valence-corrected chi connectivity index (χ2v) is 4.10. The Morgan fingerprint density at radius 2 is 2.17 bits per heavy atom. The molecule has 0 radical (unpaired) electrons. The average Bonchev–Trinajstić information content (AvgIpc) is 2.79. The molecule has 5 nitrogen and oxygen atoms in total. The van der Waals surface area contributed by atoms with Crippen LogP contribution in [-0.2, 0) is 13.5 Å². The summed E-state index contributed by atoms with van der Waals surface area (Å²) in [7, 11) is 3.40. The van der Waals surface area contributed by atoms with Crippen molar-refractivity contribution in [3.63, 3.8) is 0 Å². The molecule has 0 saturated heterocycles. The fourth-order valence-electron chi connectivity index (χ4n) is 1.84. The van der Waals surface area contributed by atoms with Gasteiger partial charge in [0.15, 0.2) is 0 Å². The van der Waals surface area contributed by atoms with Gasteiger partial charge in [-0.1, -0.05) is 6.92 Å². The van der Waals surface area contributed by atoms with Crippen LogP contribution in [0, 0.1) is 0 Å². The molecule has 1 atom stereocenters. The quantitative estimate of drug-likeness (QED) is 0.888. The van der Waals surface area contributed by atoms with Crippen molar-refractivity contribution in [3.05, 3.63) is 41.5 Å². The molecule has 2 aromatic rings. The van der Waals surface area contributed by atoms with Crippen LogP contribution in [0.25, 0.3) is 0 Å². The molecule has 0 aliphatic heterocycles. The van der Waals surface area contributed by atoms with Crippen LogP contribution < -0.4 is 4.74 Å². The first kappa shape index (κ1) is 12.6. The Morgan fingerprint density at radius 1 is 1.39 bits per heavy atom. The van der Waals surface area contributed by atoms with Gasteiger partial charge < -0.3 is 9.84 Å². The molecule has 0 aromatic carbocycles. The van der Waals surface area contributed by atoms with E-state index in [4.69, 9.17) is 4.74 Å². The van der Waals surface area contributed by atoms with Crippen LogP contribution in [0.4, 0.5) is 0 Å². The standard InChI is InChI=1S/C13H17N3O2/c1-4-10-6-12(16(2)15-10)13(17)9-5-11(18-3)8-14-7-9/h5-8,13,17H,4H2,1-3H3. The lowest BCUT2D eigenvalue weighted by molar-refractivity contribution is 0.209. The summed E-state index contributed by atoms with van der Waals surface area (Å²) in [5.74, 6) is 0.629. The number of aromatic nitrogens is 3. The molecule has 2 heterocycles. The third-order valence-electron chi connectivity index (χ3n) is 2.89. The van der Waals surface area contributed by atoms with Crippen molar-refractivity contribution in [3.8, 4) is 5.75 Å². The number of pyridine rings is 1. The topological polar surface area (TPSA) is 60.2 Å². The summed E-state index contributed by atoms with van der Waals surface area (Å²) < 4.78 is 6.80. The third kappa shape index (κ3) is 2.36. The van der Waals surface area contributed by atoms with E-state index in [0.29, 0.717) is 11.3 Å². The van der Waals surface area contributed by atoms with Crippen molar-refractivity contribution < 1.29 is 9.84 Å². The van der Waals surface area contributed by atoms with E-state index in [2.05, 4.69) is 10.1 Å². The lowest BCUT2D eigenvalue weighted by Crippen LogP contribution is -2.07. The van der Waals surface area contributed by atoms with Crippen LogP contribution in [0.5, 0.6) is 5.75 Å². The molecule has 0 aliphatic rings. The summed E-state index contributed by atoms with van der Waals surface area (Å²) in [5, 5.41) is 14.7. The van der Waals surface area contributed by atoms with E-state index < -0.39 is 6.10 Å². The maximum absolute atomic E-state index is 10.3. The van der Waals surface area contributed by atoms with Crippen LogP contribution in [-0.4, -0.2) is 27.0 Å². The van der Waals surface area contributed by atoms with Crippen molar-refractivity contribution in [1.82, 2.24) is 14.8 Å². The monoisotopic (exact) mass is 247 g/mol. The van der Waals surface area contributed by atoms with E-state index in [1.807, 2.05) is 20.0 Å². The zero-order chi connectivity index (χ0) is 13.1. The second kappa shape index (κ2) is 5.18. The maximum Gasteiger partial charge on any atom is 0.137 e. The summed E-state index contributed by atoms with van der Waals surface area (Å²) >= 11 is 0. The van der Waals surface area contributed by atoms with Gasteiger partial charge in [-0.05, 0) is 18.6 Å². The molecule has 0 bridgehead atoms. The van der Waals surface area contributed by atoms with E-state index in [1.54, 1.807) is 30.3 Å². The number of hydrogen-bond donors (Lipinski definition) is 1. The molecule has 1 N–H and O–H groups in total. The lowest BCUT2D eigenvalue weighted by Gasteiger charge is -2.11. The molecule has 2 aromatic heterocycles. The second-order valence-electron chi connectivity index (χ2n) is 4.10. The Labute approximate surface area is 106 Å². The highest BCUT2D eigenvalue weighted by atomic mass is 16.5. The van der Waals surface area contributed by atoms with Gasteiger partial charge in [0, 0.05) is 18.8 Å². The highest BCUT2D eigenvalue weighted by Crippen LogP contribution is 2.24. The van der Waals surface area contributed by atoms with Gasteiger partial charge in [0.25, 0.3) is 0 Å². The van der Waals surface area contributed by atoms with Crippen molar-refractivity contribution in [1.29, 1.82) is 0 Å². The fourth-order valence-corrected chi connectivity index (χ4v) is 1.84. The first-order valence-corrected chi connectivity index (χ1v) is 5.85. The lowest BCUT2D eigenvalue weighted by atomic mass is 10.1. The van der Waals surface area contributed by atoms with Crippen molar-refractivity contribution in [2.24, 2.45) is 7.05 Å². The Kier molecular flexibility index (Phi) is 3.62. The van der Waals surface area contributed by atoms with Gasteiger partial charge in [-0.2, -0.15) is 5.10 Å². The van der Waals surface area contributed by atoms with E-state index in [-0.39, 0.29) is 0 Å². The molecule has 18 heavy (non-hydrogen) atoms. The smallest absolute Gasteiger partial charge is 0.137 e. The number of hydrogen-bond acceptors (Lipinski definition) is 4. The van der Waals surface area contributed by atoms with E-state index in [1.165, 1.54) is 0 Å². The summed E-state index contributed by atoms with van der Waals surface area (Å²) in [6.07, 6.45) is 3.34. The van der Waals surface area contributed by atoms with E-state index in [9.17, 15) is 5.11 Å². The van der Waals surface area contributed by atoms with Crippen molar-refractivity contribution in [2.75, 3.05) is 7.11 Å². The Balaban J connectivity index is 2.34. The van der Waals surface area contributed by atoms with Gasteiger partial charge in [0.2, 0.25) is 0 Å². The van der Waals surface area contributed by atoms with E-state index >= 15 is 0 Å². The number of rotatable bonds is 4. The maximum atomic E-state index is 10.3. The number of aryl methyl sites for hydroxylation is 2. The van der Waals surface area contributed by atoms with Crippen LogP contribution in [0.2, 0.25) is 0 Å². The predicted octanol–water partition coefficient (Wildman–Crippen LogP) is 1.47. The van der Waals surface area contributed by atoms with Crippen LogP contribution >= 0.6 is 0 Å². The highest BCUT2D eigenvalue weighted by Gasteiger charge is 2.16. The molecular weight excluding hydrogens is 230 g/mol. The van der Waals surface area contributed by atoms with Crippen molar-refractivity contribution in [2.45, 2.75) is 19.4 Å². The third-order valence-corrected chi connectivity index (χ3v) is 2.89. The molecular formula is C13H17N3O2. The van der Waals surface area contributed by atoms with Gasteiger partial charge in [-0.25, -0.2) is 0 Å². The molecule has 5 heteroatoms. The summed E-state index contributed by atoms with van der Waals surface area (Å²) in [6.45, 7) is 2.03. The minimum atomic E-state index is -0.745. The Morgan fingerprint density at radius 3 is 2.78 bits per heavy atom. The first-order chi connectivity index (χ1) is 8.65. The zero-order valence-corrected chi connectivity index (χ0v) is 10.8. The van der Waals surface area contributed by atoms with Gasteiger partial charge in [-0.3, -0.25) is 9.67 Å². The minimum Gasteiger partial charge on any atom is -0.495 e. The van der Waals surface area contributed by atoms with Gasteiger partial charge >= 0.3 is 0 Å². The number of ether oxygens (including phenoxy) is 1. The highest BCUT2D eigenvalue weighted by molar-refractivity contribution is 5.30. The number of aliphatic hydroxyl groups is 1. The number of methoxy groups -OCH3 is 1. The molecule has 96 valence electrons. The minimum absolute atomic E-state index is 0.629. The Bertz CT molecular complexity index is 537. The normalized spacial score (nSPS) is 12.4. The van der Waals surface area contributed by atoms with Crippen molar-refractivity contribution >= 4 is 0 Å². The van der Waals surface area contributed by atoms with E-state index in [0.717, 1.165) is 17.8 Å². The average molecular weight is 247 g/mol. The molecule has 0 spiro atoms. The van der Waals surface area contributed by atoms with Crippen LogP contribution in [0.3, 0.4) is 0 Å². The SMILES string of the molecule is CCc1cc(C(O)c2cncc(OC)c2)n(C)n1. The molecule has 0 saturated carbocycles. The number of aliphatic hydroxyl groups excluding tert-OH is 1. The number of nitrogens with zero attached hydrogens (tertiary/aromatic N) is 3. The molecule has 1 unspecified atom stereocenters. The molecule has 0 aliphatic carbocycles. The van der Waals surface area contributed by atoms with Crippen LogP contribution in [0.15, 0.2) is 24.5 Å². The molecule has 2 rings (SSSR count). The van der Waals surface area contributed by atoms with Crippen LogP contribution in [0.1, 0.15) is 30.0 Å². The summed E-state index contributed by atoms with van der Waals surface area (Å²) in [5.41, 5.74) is 2.41. The summed E-state index contributed by atoms with van der Waals surface area (Å²) in [4.78, 5) is 4.04. The predicted molar refractivity (Wildman–Crippen MR) is 67.4 cm³/mol. The summed E-state index contributed by atoms with van der Waals surface area (Å²) in [6, 6.07) is 3.68. The fraction of sp³-hybridized carbons (Fsp3) is 0.385. The van der Waals surface area contributed by atoms with Gasteiger partial charge in [-0.15, -0.1) is 0 Å². The first-order valence-electron chi connectivity index (χ1n) is 5.85. The molecule has 0 fully saturated rings.